The van der Waals surface area contributed by atoms with Gasteiger partial charge in [-0.05, 0) is 31.2 Å². The Labute approximate surface area is 88.5 Å². The lowest BCUT2D eigenvalue weighted by atomic mass is 10.1. The number of rotatable bonds is 2. The second kappa shape index (κ2) is 6.59. The molecule has 0 aliphatic carbocycles. The number of methoxy groups -OCH3 is 1. The van der Waals surface area contributed by atoms with Gasteiger partial charge in [0, 0.05) is 12.5 Å². The molecule has 81 valence electrons. The Kier molecular flexibility index (Phi) is 5.78. The van der Waals surface area contributed by atoms with Crippen LogP contribution in [0.25, 0.3) is 0 Å². The van der Waals surface area contributed by atoms with Crippen LogP contribution >= 0.6 is 0 Å². The number of ether oxygens (including phenoxy) is 1. The number of hydrogen-bond donors (Lipinski definition) is 0. The van der Waals surface area contributed by atoms with Crippen molar-refractivity contribution in [2.45, 2.75) is 13.8 Å². The first-order valence-electron chi connectivity index (χ1n) is 4.30. The summed E-state index contributed by atoms with van der Waals surface area (Å²) in [5.41, 5.74) is 0.714. The zero-order chi connectivity index (χ0) is 11.8. The van der Waals surface area contributed by atoms with Crippen LogP contribution in [0.1, 0.15) is 24.2 Å². The van der Waals surface area contributed by atoms with Gasteiger partial charge >= 0.3 is 5.97 Å². The summed E-state index contributed by atoms with van der Waals surface area (Å²) in [6.07, 6.45) is 0. The van der Waals surface area contributed by atoms with Crippen molar-refractivity contribution in [2.24, 2.45) is 0 Å². The van der Waals surface area contributed by atoms with E-state index in [-0.39, 0.29) is 5.78 Å². The predicted molar refractivity (Wildman–Crippen MR) is 54.4 cm³/mol. The first kappa shape index (κ1) is 13.2. The van der Waals surface area contributed by atoms with Crippen LogP contribution in [0.3, 0.4) is 0 Å². The molecule has 0 unspecified atom stereocenters. The van der Waals surface area contributed by atoms with Gasteiger partial charge in [-0.2, -0.15) is 0 Å². The van der Waals surface area contributed by atoms with Gasteiger partial charge in [0.05, 0.1) is 7.11 Å². The molecule has 0 aromatic heterocycles. The molecule has 0 aliphatic rings. The van der Waals surface area contributed by atoms with Crippen LogP contribution in [0.4, 0.5) is 0 Å². The van der Waals surface area contributed by atoms with Crippen LogP contribution < -0.4 is 4.74 Å². The summed E-state index contributed by atoms with van der Waals surface area (Å²) < 4.78 is 4.94. The molecular weight excluding hydrogens is 196 g/mol. The zero-order valence-electron chi connectivity index (χ0n) is 8.94. The molecular formula is C11H13O4. The van der Waals surface area contributed by atoms with Crippen molar-refractivity contribution in [1.82, 2.24) is 0 Å². The van der Waals surface area contributed by atoms with E-state index in [0.717, 1.165) is 12.7 Å². The molecule has 4 heteroatoms. The fraction of sp³-hybridized carbons (Fsp3) is 0.273. The lowest BCUT2D eigenvalue weighted by Crippen LogP contribution is -1.91. The van der Waals surface area contributed by atoms with Crippen LogP contribution in [0.2, 0.25) is 0 Å². The van der Waals surface area contributed by atoms with Gasteiger partial charge in [-0.1, -0.05) is 0 Å². The van der Waals surface area contributed by atoms with E-state index in [1.807, 2.05) is 0 Å². The Morgan fingerprint density at radius 1 is 1.07 bits per heavy atom. The Bertz CT molecular complexity index is 323. The molecule has 0 fully saturated rings. The lowest BCUT2D eigenvalue weighted by molar-refractivity contribution is -0.140. The van der Waals surface area contributed by atoms with Gasteiger partial charge in [-0.25, -0.2) is 9.90 Å². The average molecular weight is 209 g/mol. The van der Waals surface area contributed by atoms with Crippen LogP contribution in [0.15, 0.2) is 24.3 Å². The Morgan fingerprint density at radius 2 is 1.47 bits per heavy atom. The maximum Gasteiger partial charge on any atom is 0.352 e. The largest absolute Gasteiger partial charge is 0.497 e. The molecule has 1 aromatic carbocycles. The molecule has 0 saturated heterocycles. The summed E-state index contributed by atoms with van der Waals surface area (Å²) in [5, 5.41) is 8.89. The molecule has 4 nitrogen and oxygen atoms in total. The number of carbonyl (C=O) groups excluding carboxylic acids is 2. The molecule has 0 spiro atoms. The van der Waals surface area contributed by atoms with E-state index in [1.165, 1.54) is 0 Å². The van der Waals surface area contributed by atoms with E-state index in [9.17, 15) is 4.79 Å². The Morgan fingerprint density at radius 3 is 1.73 bits per heavy atom. The van der Waals surface area contributed by atoms with Crippen molar-refractivity contribution >= 4 is 11.8 Å². The van der Waals surface area contributed by atoms with Gasteiger partial charge in [0.1, 0.15) is 5.75 Å². The van der Waals surface area contributed by atoms with Crippen molar-refractivity contribution in [3.8, 4) is 5.75 Å². The SMILES string of the molecule is CC([O])=O.COc1ccc(C(C)=O)cc1. The van der Waals surface area contributed by atoms with Gasteiger partial charge in [0.2, 0.25) is 0 Å². The zero-order valence-corrected chi connectivity index (χ0v) is 8.94. The van der Waals surface area contributed by atoms with Gasteiger partial charge in [0.25, 0.3) is 0 Å². The summed E-state index contributed by atoms with van der Waals surface area (Å²) in [7, 11) is 1.60. The van der Waals surface area contributed by atoms with Crippen LogP contribution in [0.5, 0.6) is 5.75 Å². The summed E-state index contributed by atoms with van der Waals surface area (Å²) in [4.78, 5) is 19.7. The third-order valence-corrected chi connectivity index (χ3v) is 1.50. The van der Waals surface area contributed by atoms with Crippen LogP contribution in [-0.2, 0) is 9.90 Å². The van der Waals surface area contributed by atoms with Crippen molar-refractivity contribution in [1.29, 1.82) is 0 Å². The minimum Gasteiger partial charge on any atom is -0.497 e. The van der Waals surface area contributed by atoms with Gasteiger partial charge in [0.15, 0.2) is 5.78 Å². The van der Waals surface area contributed by atoms with E-state index in [2.05, 4.69) is 0 Å². The van der Waals surface area contributed by atoms with Crippen molar-refractivity contribution < 1.29 is 19.4 Å². The highest BCUT2D eigenvalue weighted by molar-refractivity contribution is 5.94. The van der Waals surface area contributed by atoms with Crippen molar-refractivity contribution in [2.75, 3.05) is 7.11 Å². The second-order valence-electron chi connectivity index (χ2n) is 2.78. The highest BCUT2D eigenvalue weighted by Crippen LogP contribution is 2.11. The van der Waals surface area contributed by atoms with Crippen LogP contribution in [-0.4, -0.2) is 18.9 Å². The Hall–Kier alpha value is -1.84. The van der Waals surface area contributed by atoms with Crippen molar-refractivity contribution in [3.05, 3.63) is 29.8 Å². The fourth-order valence-corrected chi connectivity index (χ4v) is 0.826. The third kappa shape index (κ3) is 6.26. The normalized spacial score (nSPS) is 8.47. The number of Topliss-reactive ketones (excluding diaryl/α,β-unsaturated/α-hetero) is 1. The molecule has 1 rings (SSSR count). The quantitative estimate of drug-likeness (QED) is 0.698. The maximum atomic E-state index is 10.8. The molecule has 0 N–H and O–H groups in total. The minimum atomic E-state index is -1.08. The second-order valence-corrected chi connectivity index (χ2v) is 2.78. The van der Waals surface area contributed by atoms with E-state index in [1.54, 1.807) is 38.3 Å². The molecule has 0 atom stereocenters. The summed E-state index contributed by atoms with van der Waals surface area (Å²) in [6.45, 7) is 2.52. The molecule has 1 aromatic rings. The standard InChI is InChI=1S/C9H10O2.C2H3O2/c1-7(10)8-3-5-9(11-2)6-4-8;1-2(3)4/h3-6H,1-2H3;1H3. The van der Waals surface area contributed by atoms with E-state index >= 15 is 0 Å². The lowest BCUT2D eigenvalue weighted by Gasteiger charge is -1.98. The predicted octanol–water partition coefficient (Wildman–Crippen LogP) is 1.86. The smallest absolute Gasteiger partial charge is 0.352 e. The van der Waals surface area contributed by atoms with E-state index < -0.39 is 5.97 Å². The topological polar surface area (TPSA) is 63.3 Å². The highest BCUT2D eigenvalue weighted by Gasteiger charge is 1.97. The number of ketones is 1. The molecule has 0 bridgehead atoms. The highest BCUT2D eigenvalue weighted by atomic mass is 16.5. The molecule has 0 aliphatic heterocycles. The molecule has 0 saturated carbocycles. The average Bonchev–Trinajstić information content (AvgIpc) is 2.17. The van der Waals surface area contributed by atoms with Gasteiger partial charge in [-0.15, -0.1) is 0 Å². The summed E-state index contributed by atoms with van der Waals surface area (Å²) >= 11 is 0. The van der Waals surface area contributed by atoms with Gasteiger partial charge < -0.3 is 4.74 Å². The maximum absolute atomic E-state index is 10.8. The number of benzene rings is 1. The summed E-state index contributed by atoms with van der Waals surface area (Å²) in [5.74, 6) is -0.234. The first-order chi connectivity index (χ1) is 6.97. The monoisotopic (exact) mass is 209 g/mol. The van der Waals surface area contributed by atoms with E-state index in [4.69, 9.17) is 14.6 Å². The number of carbonyl (C=O) groups is 2. The fourth-order valence-electron chi connectivity index (χ4n) is 0.826. The summed E-state index contributed by atoms with van der Waals surface area (Å²) in [6, 6.07) is 7.05. The first-order valence-corrected chi connectivity index (χ1v) is 4.30. The Balaban J connectivity index is 0.000000423. The number of hydrogen-bond acceptors (Lipinski definition) is 3. The van der Waals surface area contributed by atoms with E-state index in [0.29, 0.717) is 5.56 Å². The molecule has 0 amide bonds. The minimum absolute atomic E-state index is 0.0765. The third-order valence-electron chi connectivity index (χ3n) is 1.50. The van der Waals surface area contributed by atoms with Gasteiger partial charge in [-0.3, -0.25) is 4.79 Å². The molecule has 15 heavy (non-hydrogen) atoms. The molecule has 1 radical (unpaired) electrons. The molecule has 0 heterocycles. The van der Waals surface area contributed by atoms with Crippen LogP contribution in [0, 0.1) is 0 Å². The van der Waals surface area contributed by atoms with Crippen molar-refractivity contribution in [3.63, 3.8) is 0 Å².